The molecule has 2 atom stereocenters. The molecule has 1 aromatic rings. The Morgan fingerprint density at radius 2 is 1.97 bits per heavy atom. The van der Waals surface area contributed by atoms with Crippen LogP contribution in [0.3, 0.4) is 0 Å². The van der Waals surface area contributed by atoms with Crippen LogP contribution in [0.15, 0.2) is 24.3 Å². The Morgan fingerprint density at radius 3 is 2.62 bits per heavy atom. The Balaban J connectivity index is 1.82. The van der Waals surface area contributed by atoms with Gasteiger partial charge >= 0.3 is 0 Å². The summed E-state index contributed by atoms with van der Waals surface area (Å²) in [6, 6.07) is 8.29. The molecule has 0 aliphatic carbocycles. The summed E-state index contributed by atoms with van der Waals surface area (Å²) in [4.78, 5) is 15.3. The van der Waals surface area contributed by atoms with Crippen molar-refractivity contribution in [3.63, 3.8) is 0 Å². The number of rotatable bonds is 12. The molecule has 0 radical (unpaired) electrons. The zero-order valence-electron chi connectivity index (χ0n) is 18.8. The number of hydrogen-bond donors (Lipinski definition) is 1. The lowest BCUT2D eigenvalue weighted by Gasteiger charge is -2.33. The van der Waals surface area contributed by atoms with Gasteiger partial charge in [-0.15, -0.1) is 0 Å². The molecule has 1 aromatic carbocycles. The van der Waals surface area contributed by atoms with E-state index in [1.807, 2.05) is 38.1 Å². The molecular formula is C24H40N2O3. The van der Waals surface area contributed by atoms with E-state index >= 15 is 0 Å². The average Bonchev–Trinajstić information content (AvgIpc) is 2.71. The normalized spacial score (nSPS) is 19.5. The van der Waals surface area contributed by atoms with Gasteiger partial charge in [0.1, 0.15) is 18.0 Å². The molecule has 1 fully saturated rings. The van der Waals surface area contributed by atoms with Crippen LogP contribution >= 0.6 is 0 Å². The summed E-state index contributed by atoms with van der Waals surface area (Å²) in [6.07, 6.45) is 7.87. The third-order valence-electron chi connectivity index (χ3n) is 5.90. The number of ether oxygens (including phenoxy) is 2. The van der Waals surface area contributed by atoms with Crippen molar-refractivity contribution in [2.24, 2.45) is 0 Å². The molecule has 29 heavy (non-hydrogen) atoms. The van der Waals surface area contributed by atoms with Crippen LogP contribution in [0.2, 0.25) is 0 Å². The molecular weight excluding hydrogens is 364 g/mol. The number of amides is 1. The van der Waals surface area contributed by atoms with E-state index in [2.05, 4.69) is 24.1 Å². The SMILES string of the molecule is CCCCC[C@](C)(OCC)C(=O)Nc1ccc(OCCN2CCCC[C@@H]2C)cc1. The topological polar surface area (TPSA) is 50.8 Å². The summed E-state index contributed by atoms with van der Waals surface area (Å²) >= 11 is 0. The van der Waals surface area contributed by atoms with Gasteiger partial charge in [-0.1, -0.05) is 32.6 Å². The van der Waals surface area contributed by atoms with E-state index in [1.165, 1.54) is 25.8 Å². The Hall–Kier alpha value is -1.59. The molecule has 1 amide bonds. The quantitative estimate of drug-likeness (QED) is 0.483. The van der Waals surface area contributed by atoms with Gasteiger partial charge in [0.2, 0.25) is 0 Å². The first-order valence-corrected chi connectivity index (χ1v) is 11.4. The van der Waals surface area contributed by atoms with Crippen LogP contribution in [0, 0.1) is 0 Å². The van der Waals surface area contributed by atoms with Crippen molar-refractivity contribution >= 4 is 11.6 Å². The second-order valence-corrected chi connectivity index (χ2v) is 8.33. The zero-order valence-corrected chi connectivity index (χ0v) is 18.8. The Labute approximate surface area is 177 Å². The smallest absolute Gasteiger partial charge is 0.256 e. The molecule has 1 aliphatic rings. The van der Waals surface area contributed by atoms with Crippen LogP contribution < -0.4 is 10.1 Å². The van der Waals surface area contributed by atoms with Gasteiger partial charge in [0, 0.05) is 24.9 Å². The van der Waals surface area contributed by atoms with Crippen LogP contribution in [0.25, 0.3) is 0 Å². The number of carbonyl (C=O) groups is 1. The Bertz CT molecular complexity index is 605. The second kappa shape index (κ2) is 12.2. The lowest BCUT2D eigenvalue weighted by molar-refractivity contribution is -0.139. The van der Waals surface area contributed by atoms with Crippen molar-refractivity contribution in [3.05, 3.63) is 24.3 Å². The van der Waals surface area contributed by atoms with E-state index in [0.29, 0.717) is 19.3 Å². The Kier molecular flexibility index (Phi) is 9.95. The van der Waals surface area contributed by atoms with Crippen molar-refractivity contribution in [2.45, 2.75) is 84.3 Å². The van der Waals surface area contributed by atoms with Crippen molar-refractivity contribution in [3.8, 4) is 5.75 Å². The first kappa shape index (κ1) is 23.7. The summed E-state index contributed by atoms with van der Waals surface area (Å²) < 4.78 is 11.7. The third-order valence-corrected chi connectivity index (χ3v) is 5.90. The fourth-order valence-electron chi connectivity index (χ4n) is 3.95. The van der Waals surface area contributed by atoms with Gasteiger partial charge in [-0.2, -0.15) is 0 Å². The minimum atomic E-state index is -0.787. The summed E-state index contributed by atoms with van der Waals surface area (Å²) in [7, 11) is 0. The number of likely N-dealkylation sites (tertiary alicyclic amines) is 1. The summed E-state index contributed by atoms with van der Waals surface area (Å²) in [5.41, 5.74) is -0.0158. The maximum atomic E-state index is 12.8. The maximum absolute atomic E-state index is 12.8. The largest absolute Gasteiger partial charge is 0.492 e. The molecule has 0 spiro atoms. The molecule has 2 rings (SSSR count). The monoisotopic (exact) mass is 404 g/mol. The number of nitrogens with one attached hydrogen (secondary N) is 1. The minimum Gasteiger partial charge on any atom is -0.492 e. The highest BCUT2D eigenvalue weighted by Gasteiger charge is 2.33. The van der Waals surface area contributed by atoms with Gasteiger partial charge in [-0.3, -0.25) is 9.69 Å². The van der Waals surface area contributed by atoms with E-state index in [9.17, 15) is 4.79 Å². The molecule has 0 aromatic heterocycles. The van der Waals surface area contributed by atoms with Gasteiger partial charge in [0.15, 0.2) is 0 Å². The molecule has 164 valence electrons. The lowest BCUT2D eigenvalue weighted by atomic mass is 9.96. The average molecular weight is 405 g/mol. The zero-order chi connectivity index (χ0) is 21.1. The molecule has 5 heteroatoms. The number of carbonyl (C=O) groups excluding carboxylic acids is 1. The molecule has 5 nitrogen and oxygen atoms in total. The first-order valence-electron chi connectivity index (χ1n) is 11.4. The van der Waals surface area contributed by atoms with Crippen LogP contribution in [0.4, 0.5) is 5.69 Å². The van der Waals surface area contributed by atoms with E-state index in [4.69, 9.17) is 9.47 Å². The van der Waals surface area contributed by atoms with Crippen LogP contribution in [-0.2, 0) is 9.53 Å². The summed E-state index contributed by atoms with van der Waals surface area (Å²) in [5.74, 6) is 0.756. The van der Waals surface area contributed by atoms with Gasteiger partial charge in [-0.05, 0) is 70.8 Å². The molecule has 0 unspecified atom stereocenters. The van der Waals surface area contributed by atoms with E-state index in [1.54, 1.807) is 0 Å². The number of benzene rings is 1. The fraction of sp³-hybridized carbons (Fsp3) is 0.708. The highest BCUT2D eigenvalue weighted by Crippen LogP contribution is 2.23. The molecule has 1 heterocycles. The number of piperidine rings is 1. The van der Waals surface area contributed by atoms with E-state index < -0.39 is 5.60 Å². The molecule has 1 aliphatic heterocycles. The number of hydrogen-bond acceptors (Lipinski definition) is 4. The second-order valence-electron chi connectivity index (χ2n) is 8.33. The summed E-state index contributed by atoms with van der Waals surface area (Å²) in [5, 5.41) is 3.01. The maximum Gasteiger partial charge on any atom is 0.256 e. The van der Waals surface area contributed by atoms with Gasteiger partial charge in [0.05, 0.1) is 0 Å². The molecule has 0 bridgehead atoms. The third kappa shape index (κ3) is 7.63. The van der Waals surface area contributed by atoms with Crippen molar-refractivity contribution in [1.82, 2.24) is 4.90 Å². The molecule has 1 saturated heterocycles. The van der Waals surface area contributed by atoms with Gasteiger partial charge in [0.25, 0.3) is 5.91 Å². The molecule has 0 saturated carbocycles. The fourth-order valence-corrected chi connectivity index (χ4v) is 3.95. The van der Waals surface area contributed by atoms with Crippen LogP contribution in [0.1, 0.15) is 72.6 Å². The van der Waals surface area contributed by atoms with Crippen molar-refractivity contribution in [1.29, 1.82) is 0 Å². The van der Waals surface area contributed by atoms with Gasteiger partial charge in [-0.25, -0.2) is 0 Å². The van der Waals surface area contributed by atoms with Crippen molar-refractivity contribution < 1.29 is 14.3 Å². The highest BCUT2D eigenvalue weighted by atomic mass is 16.5. The first-order chi connectivity index (χ1) is 14.0. The Morgan fingerprint density at radius 1 is 1.21 bits per heavy atom. The van der Waals surface area contributed by atoms with Gasteiger partial charge < -0.3 is 14.8 Å². The van der Waals surface area contributed by atoms with Crippen LogP contribution in [0.5, 0.6) is 5.75 Å². The highest BCUT2D eigenvalue weighted by molar-refractivity contribution is 5.97. The lowest BCUT2D eigenvalue weighted by Crippen LogP contribution is -2.42. The van der Waals surface area contributed by atoms with Crippen molar-refractivity contribution in [2.75, 3.05) is 31.6 Å². The number of unbranched alkanes of at least 4 members (excludes halogenated alkanes) is 2. The van der Waals surface area contributed by atoms with E-state index in [-0.39, 0.29) is 5.91 Å². The number of nitrogens with zero attached hydrogens (tertiary/aromatic N) is 1. The molecule has 1 N–H and O–H groups in total. The standard InChI is InChI=1S/C24H40N2O3/c1-5-7-9-16-24(4,29-6-2)23(27)25-21-12-14-22(15-13-21)28-19-18-26-17-10-8-11-20(26)3/h12-15,20H,5-11,16-19H2,1-4H3,(H,25,27)/t20-,24-/m0/s1. The number of anilines is 1. The van der Waals surface area contributed by atoms with E-state index in [0.717, 1.165) is 43.7 Å². The summed E-state index contributed by atoms with van der Waals surface area (Å²) in [6.45, 7) is 11.6. The minimum absolute atomic E-state index is 0.0804. The van der Waals surface area contributed by atoms with Crippen LogP contribution in [-0.4, -0.2) is 48.8 Å². The predicted molar refractivity (Wildman–Crippen MR) is 120 cm³/mol. The predicted octanol–water partition coefficient (Wildman–Crippen LogP) is 5.25.